The zero-order chi connectivity index (χ0) is 29.1. The fourth-order valence-corrected chi connectivity index (χ4v) is 3.83. The molecule has 3 rings (SSSR count). The third-order valence-corrected chi connectivity index (χ3v) is 5.84. The number of methoxy groups -OCH3 is 2. The third-order valence-electron chi connectivity index (χ3n) is 5.84. The summed E-state index contributed by atoms with van der Waals surface area (Å²) in [6.07, 6.45) is 0.105. The Labute approximate surface area is 234 Å². The van der Waals surface area contributed by atoms with Crippen LogP contribution in [0.4, 0.5) is 16.2 Å². The molecule has 3 amide bonds. The molecule has 0 spiro atoms. The van der Waals surface area contributed by atoms with Gasteiger partial charge in [-0.3, -0.25) is 4.79 Å². The van der Waals surface area contributed by atoms with Crippen LogP contribution in [0.3, 0.4) is 0 Å². The molecule has 0 aliphatic rings. The molecular formula is C30H35N3O7. The van der Waals surface area contributed by atoms with Crippen LogP contribution in [-0.4, -0.2) is 51.4 Å². The van der Waals surface area contributed by atoms with E-state index in [0.717, 1.165) is 5.56 Å². The van der Waals surface area contributed by atoms with Crippen molar-refractivity contribution in [2.45, 2.75) is 33.2 Å². The van der Waals surface area contributed by atoms with Crippen LogP contribution >= 0.6 is 0 Å². The molecule has 0 bridgehead atoms. The predicted molar refractivity (Wildman–Crippen MR) is 153 cm³/mol. The number of carbonyl (C=O) groups is 3. The minimum absolute atomic E-state index is 0.105. The molecule has 3 aromatic carbocycles. The highest BCUT2D eigenvalue weighted by Gasteiger charge is 2.15. The number of hydrogen-bond acceptors (Lipinski definition) is 7. The van der Waals surface area contributed by atoms with Crippen LogP contribution in [0.25, 0.3) is 0 Å². The minimum atomic E-state index is -0.445. The smallest absolute Gasteiger partial charge is 0.338 e. The number of amides is 3. The fraction of sp³-hybridized carbons (Fsp3) is 0.300. The molecule has 1 atom stereocenters. The Morgan fingerprint density at radius 2 is 1.57 bits per heavy atom. The minimum Gasteiger partial charge on any atom is -0.495 e. The number of rotatable bonds is 12. The van der Waals surface area contributed by atoms with Crippen molar-refractivity contribution in [1.29, 1.82) is 0 Å². The fourth-order valence-electron chi connectivity index (χ4n) is 3.83. The van der Waals surface area contributed by atoms with E-state index in [0.29, 0.717) is 39.8 Å². The van der Waals surface area contributed by atoms with Crippen molar-refractivity contribution < 1.29 is 33.3 Å². The van der Waals surface area contributed by atoms with E-state index in [1.165, 1.54) is 14.2 Å². The molecule has 10 nitrogen and oxygen atoms in total. The van der Waals surface area contributed by atoms with Gasteiger partial charge in [0.25, 0.3) is 0 Å². The SMILES string of the molecule is CCOC(=O)c1ccc(OC[C@@H](C)NC(=O)Cc2ccc(NC(=O)Nc3ccccc3C)c(OC)c2)c(OC)c1. The van der Waals surface area contributed by atoms with E-state index >= 15 is 0 Å². The molecule has 3 N–H and O–H groups in total. The van der Waals surface area contributed by atoms with Crippen molar-refractivity contribution in [2.75, 3.05) is 38.1 Å². The predicted octanol–water partition coefficient (Wildman–Crippen LogP) is 4.96. The number of carbonyl (C=O) groups excluding carboxylic acids is 3. The first kappa shape index (κ1) is 29.8. The molecule has 3 aromatic rings. The Balaban J connectivity index is 1.53. The van der Waals surface area contributed by atoms with Gasteiger partial charge in [0.1, 0.15) is 12.4 Å². The molecule has 0 saturated carbocycles. The monoisotopic (exact) mass is 549 g/mol. The molecule has 10 heteroatoms. The Kier molecular flexibility index (Phi) is 10.8. The number of nitrogens with one attached hydrogen (secondary N) is 3. The number of urea groups is 1. The van der Waals surface area contributed by atoms with Gasteiger partial charge < -0.3 is 34.9 Å². The van der Waals surface area contributed by atoms with Crippen LogP contribution in [0.15, 0.2) is 60.7 Å². The van der Waals surface area contributed by atoms with E-state index in [1.807, 2.05) is 38.1 Å². The van der Waals surface area contributed by atoms with E-state index in [9.17, 15) is 14.4 Å². The maximum Gasteiger partial charge on any atom is 0.338 e. The third kappa shape index (κ3) is 8.39. The Hall–Kier alpha value is -4.73. The molecule has 0 saturated heterocycles. The van der Waals surface area contributed by atoms with Gasteiger partial charge in [-0.25, -0.2) is 9.59 Å². The Morgan fingerprint density at radius 1 is 0.850 bits per heavy atom. The van der Waals surface area contributed by atoms with E-state index in [-0.39, 0.29) is 31.6 Å². The van der Waals surface area contributed by atoms with Crippen LogP contribution < -0.4 is 30.2 Å². The molecule has 0 heterocycles. The summed E-state index contributed by atoms with van der Waals surface area (Å²) in [6, 6.07) is 16.7. The van der Waals surface area contributed by atoms with Crippen LogP contribution in [0.1, 0.15) is 35.3 Å². The maximum absolute atomic E-state index is 12.7. The zero-order valence-corrected chi connectivity index (χ0v) is 23.3. The number of benzene rings is 3. The van der Waals surface area contributed by atoms with E-state index in [2.05, 4.69) is 16.0 Å². The standard InChI is InChI=1S/C30H35N3O7/c1-6-39-29(35)22-12-14-25(27(17-22)38-5)40-18-20(3)31-28(34)16-21-11-13-24(26(15-21)37-4)33-30(36)32-23-10-8-7-9-19(23)2/h7-15,17,20H,6,16,18H2,1-5H3,(H,31,34)(H2,32,33,36)/t20-/m1/s1. The summed E-state index contributed by atoms with van der Waals surface area (Å²) in [5.74, 6) is 0.605. The molecular weight excluding hydrogens is 514 g/mol. The van der Waals surface area contributed by atoms with Crippen molar-refractivity contribution in [3.8, 4) is 17.2 Å². The quantitative estimate of drug-likeness (QED) is 0.273. The van der Waals surface area contributed by atoms with Gasteiger partial charge in [0, 0.05) is 5.69 Å². The van der Waals surface area contributed by atoms with Gasteiger partial charge in [0.2, 0.25) is 5.91 Å². The van der Waals surface area contributed by atoms with Gasteiger partial charge in [-0.05, 0) is 68.3 Å². The molecule has 0 radical (unpaired) electrons. The zero-order valence-electron chi connectivity index (χ0n) is 23.3. The second-order valence-electron chi connectivity index (χ2n) is 8.97. The number of anilines is 2. The van der Waals surface area contributed by atoms with Gasteiger partial charge in [-0.1, -0.05) is 24.3 Å². The normalized spacial score (nSPS) is 11.1. The summed E-state index contributed by atoms with van der Waals surface area (Å²) in [6.45, 7) is 5.92. The molecule has 0 fully saturated rings. The molecule has 212 valence electrons. The van der Waals surface area contributed by atoms with Crippen LogP contribution in [0.2, 0.25) is 0 Å². The molecule has 40 heavy (non-hydrogen) atoms. The topological polar surface area (TPSA) is 124 Å². The first-order valence-corrected chi connectivity index (χ1v) is 12.8. The second-order valence-corrected chi connectivity index (χ2v) is 8.97. The summed E-state index contributed by atoms with van der Waals surface area (Å²) in [7, 11) is 2.98. The summed E-state index contributed by atoms with van der Waals surface area (Å²) in [5.41, 5.74) is 3.19. The summed E-state index contributed by atoms with van der Waals surface area (Å²) >= 11 is 0. The van der Waals surface area contributed by atoms with Crippen LogP contribution in [0, 0.1) is 6.92 Å². The molecule has 0 aliphatic heterocycles. The Morgan fingerprint density at radius 3 is 2.27 bits per heavy atom. The lowest BCUT2D eigenvalue weighted by atomic mass is 10.1. The number of para-hydroxylation sites is 1. The number of ether oxygens (including phenoxy) is 4. The van der Waals surface area contributed by atoms with Gasteiger partial charge in [-0.2, -0.15) is 0 Å². The molecule has 0 aliphatic carbocycles. The Bertz CT molecular complexity index is 1340. The van der Waals surface area contributed by atoms with Crippen molar-refractivity contribution in [2.24, 2.45) is 0 Å². The lowest BCUT2D eigenvalue weighted by Gasteiger charge is -2.17. The van der Waals surface area contributed by atoms with Gasteiger partial charge in [-0.15, -0.1) is 0 Å². The van der Waals surface area contributed by atoms with Crippen molar-refractivity contribution in [3.05, 3.63) is 77.4 Å². The average Bonchev–Trinajstić information content (AvgIpc) is 2.93. The van der Waals surface area contributed by atoms with Crippen molar-refractivity contribution in [3.63, 3.8) is 0 Å². The van der Waals surface area contributed by atoms with Crippen LogP contribution in [0.5, 0.6) is 17.2 Å². The van der Waals surface area contributed by atoms with E-state index in [4.69, 9.17) is 18.9 Å². The van der Waals surface area contributed by atoms with Crippen molar-refractivity contribution >= 4 is 29.3 Å². The molecule has 0 aromatic heterocycles. The summed E-state index contributed by atoms with van der Waals surface area (Å²) in [4.78, 5) is 37.1. The first-order chi connectivity index (χ1) is 19.2. The number of esters is 1. The lowest BCUT2D eigenvalue weighted by Crippen LogP contribution is -2.37. The average molecular weight is 550 g/mol. The van der Waals surface area contributed by atoms with E-state index < -0.39 is 12.0 Å². The largest absolute Gasteiger partial charge is 0.495 e. The number of aryl methyl sites for hydroxylation is 1. The summed E-state index contributed by atoms with van der Waals surface area (Å²) < 4.78 is 21.6. The van der Waals surface area contributed by atoms with E-state index in [1.54, 1.807) is 43.3 Å². The van der Waals surface area contributed by atoms with Gasteiger partial charge in [0.15, 0.2) is 11.5 Å². The highest BCUT2D eigenvalue weighted by atomic mass is 16.5. The first-order valence-electron chi connectivity index (χ1n) is 12.8. The maximum atomic E-state index is 12.7. The second kappa shape index (κ2) is 14.4. The molecule has 0 unspecified atom stereocenters. The number of hydrogen-bond donors (Lipinski definition) is 3. The summed E-state index contributed by atoms with van der Waals surface area (Å²) in [5, 5.41) is 8.49. The van der Waals surface area contributed by atoms with Gasteiger partial charge in [0.05, 0.1) is 44.5 Å². The lowest BCUT2D eigenvalue weighted by molar-refractivity contribution is -0.121. The highest BCUT2D eigenvalue weighted by molar-refractivity contribution is 6.01. The highest BCUT2D eigenvalue weighted by Crippen LogP contribution is 2.29. The van der Waals surface area contributed by atoms with Crippen molar-refractivity contribution in [1.82, 2.24) is 5.32 Å². The van der Waals surface area contributed by atoms with Gasteiger partial charge >= 0.3 is 12.0 Å². The van der Waals surface area contributed by atoms with Crippen LogP contribution in [-0.2, 0) is 16.0 Å².